The average molecular weight is 368 g/mol. The summed E-state index contributed by atoms with van der Waals surface area (Å²) >= 11 is 3.02. The second-order valence-electron chi connectivity index (χ2n) is 5.74. The van der Waals surface area contributed by atoms with E-state index in [1.807, 2.05) is 17.5 Å². The Hall–Kier alpha value is -2.44. The van der Waals surface area contributed by atoms with E-state index < -0.39 is 0 Å². The zero-order valence-corrected chi connectivity index (χ0v) is 15.4. The Labute approximate surface area is 153 Å². The minimum Gasteiger partial charge on any atom is -0.497 e. The first-order chi connectivity index (χ1) is 12.2. The third-order valence-corrected chi connectivity index (χ3v) is 6.36. The van der Waals surface area contributed by atoms with E-state index in [0.717, 1.165) is 37.0 Å². The molecule has 0 aliphatic carbocycles. The topological polar surface area (TPSA) is 55.2 Å². The van der Waals surface area contributed by atoms with Gasteiger partial charge in [0.1, 0.15) is 5.75 Å². The molecule has 4 nitrogen and oxygen atoms in total. The van der Waals surface area contributed by atoms with Crippen LogP contribution in [0.5, 0.6) is 11.6 Å². The lowest BCUT2D eigenvalue weighted by molar-refractivity contribution is 0.415. The summed E-state index contributed by atoms with van der Waals surface area (Å²) in [6.45, 7) is 2.09. The fraction of sp³-hybridized carbons (Fsp3) is 0.158. The van der Waals surface area contributed by atoms with Gasteiger partial charge in [0.2, 0.25) is 5.88 Å². The highest BCUT2D eigenvalue weighted by atomic mass is 32.1. The summed E-state index contributed by atoms with van der Waals surface area (Å²) in [5.74, 6) is 0.997. The van der Waals surface area contributed by atoms with Gasteiger partial charge in [-0.3, -0.25) is 0 Å². The molecule has 1 N–H and O–H groups in total. The molecule has 1 atom stereocenters. The van der Waals surface area contributed by atoms with Crippen LogP contribution in [0.3, 0.4) is 0 Å². The predicted molar refractivity (Wildman–Crippen MR) is 103 cm³/mol. The predicted octanol–water partition coefficient (Wildman–Crippen LogP) is 5.29. The third kappa shape index (κ3) is 2.99. The molecular formula is C19H16N2O2S2. The minimum absolute atomic E-state index is 0.0534. The van der Waals surface area contributed by atoms with Crippen LogP contribution in [0.1, 0.15) is 23.3 Å². The van der Waals surface area contributed by atoms with Gasteiger partial charge in [-0.1, -0.05) is 31.2 Å². The number of benzene rings is 2. The number of aromatic hydroxyl groups is 1. The van der Waals surface area contributed by atoms with Crippen LogP contribution in [-0.2, 0) is 0 Å². The van der Waals surface area contributed by atoms with Gasteiger partial charge in [-0.25, -0.2) is 4.98 Å². The van der Waals surface area contributed by atoms with Crippen molar-refractivity contribution in [3.05, 3.63) is 58.4 Å². The van der Waals surface area contributed by atoms with Gasteiger partial charge in [-0.15, -0.1) is 22.7 Å². The Kier molecular flexibility index (Phi) is 4.15. The zero-order chi connectivity index (χ0) is 17.4. The highest BCUT2D eigenvalue weighted by Crippen LogP contribution is 2.40. The second kappa shape index (κ2) is 6.46. The quantitative estimate of drug-likeness (QED) is 0.532. The van der Waals surface area contributed by atoms with Crippen LogP contribution < -0.4 is 4.74 Å². The summed E-state index contributed by atoms with van der Waals surface area (Å²) in [7, 11) is 1.67. The monoisotopic (exact) mass is 368 g/mol. The molecule has 0 fully saturated rings. The number of rotatable bonds is 4. The number of ether oxygens (including phenoxy) is 1. The van der Waals surface area contributed by atoms with Crippen LogP contribution in [0.2, 0.25) is 0 Å². The molecule has 126 valence electrons. The summed E-state index contributed by atoms with van der Waals surface area (Å²) in [5.41, 5.74) is 1.14. The van der Waals surface area contributed by atoms with Crippen LogP contribution >= 0.6 is 22.7 Å². The number of methoxy groups -OCH3 is 1. The van der Waals surface area contributed by atoms with Crippen LogP contribution in [0.4, 0.5) is 0 Å². The van der Waals surface area contributed by atoms with Crippen molar-refractivity contribution in [3.63, 3.8) is 0 Å². The largest absolute Gasteiger partial charge is 0.497 e. The fourth-order valence-electron chi connectivity index (χ4n) is 2.82. The molecule has 2 aromatic heterocycles. The lowest BCUT2D eigenvalue weighted by atomic mass is 9.96. The van der Waals surface area contributed by atoms with Crippen LogP contribution in [0.15, 0.2) is 48.0 Å². The van der Waals surface area contributed by atoms with Gasteiger partial charge < -0.3 is 9.84 Å². The van der Waals surface area contributed by atoms with E-state index in [1.54, 1.807) is 13.3 Å². The normalized spacial score (nSPS) is 12.4. The number of thiazole rings is 2. The highest BCUT2D eigenvalue weighted by Gasteiger charge is 2.20. The van der Waals surface area contributed by atoms with E-state index in [4.69, 9.17) is 4.74 Å². The zero-order valence-electron chi connectivity index (χ0n) is 13.8. The Morgan fingerprint density at radius 2 is 1.88 bits per heavy atom. The first kappa shape index (κ1) is 16.1. The second-order valence-corrected chi connectivity index (χ2v) is 7.66. The number of nitrogens with zero attached hydrogens (tertiary/aromatic N) is 2. The van der Waals surface area contributed by atoms with Crippen molar-refractivity contribution in [1.82, 2.24) is 9.97 Å². The molecule has 0 saturated carbocycles. The van der Waals surface area contributed by atoms with E-state index in [9.17, 15) is 5.11 Å². The number of hydrogen-bond acceptors (Lipinski definition) is 6. The molecule has 2 heterocycles. The summed E-state index contributed by atoms with van der Waals surface area (Å²) in [6, 6.07) is 12.4. The van der Waals surface area contributed by atoms with E-state index in [2.05, 4.69) is 41.2 Å². The Morgan fingerprint density at radius 1 is 1.08 bits per heavy atom. The molecule has 25 heavy (non-hydrogen) atoms. The lowest BCUT2D eigenvalue weighted by Gasteiger charge is -2.11. The molecule has 0 bridgehead atoms. The molecular weight excluding hydrogens is 352 g/mol. The van der Waals surface area contributed by atoms with E-state index in [1.165, 1.54) is 22.7 Å². The average Bonchev–Trinajstić information content (AvgIpc) is 3.29. The van der Waals surface area contributed by atoms with Crippen LogP contribution in [0, 0.1) is 0 Å². The molecule has 0 aliphatic heterocycles. The maximum atomic E-state index is 10.3. The maximum Gasteiger partial charge on any atom is 0.226 e. The molecule has 0 aliphatic rings. The van der Waals surface area contributed by atoms with Crippen LogP contribution in [-0.4, -0.2) is 22.2 Å². The highest BCUT2D eigenvalue weighted by molar-refractivity contribution is 7.20. The molecule has 0 amide bonds. The van der Waals surface area contributed by atoms with Crippen LogP contribution in [0.25, 0.3) is 20.8 Å². The molecule has 4 rings (SSSR count). The summed E-state index contributed by atoms with van der Waals surface area (Å²) in [4.78, 5) is 9.42. The Balaban J connectivity index is 1.71. The standard InChI is InChI=1S/C19H16N2O2S2/c1-11(16-17(22)21-19(25-16)18-20-7-8-24-18)12-3-4-14-10-15(23-2)6-5-13(14)9-12/h3-11,22H,1-2H3. The first-order valence-corrected chi connectivity index (χ1v) is 9.52. The summed E-state index contributed by atoms with van der Waals surface area (Å²) in [5, 5.41) is 16.1. The maximum absolute atomic E-state index is 10.3. The molecule has 1 unspecified atom stereocenters. The van der Waals surface area contributed by atoms with Crippen molar-refractivity contribution in [2.45, 2.75) is 12.8 Å². The fourth-order valence-corrected chi connectivity index (χ4v) is 4.53. The molecule has 2 aromatic carbocycles. The van der Waals surface area contributed by atoms with Gasteiger partial charge in [-0.2, -0.15) is 4.98 Å². The number of aromatic nitrogens is 2. The van der Waals surface area contributed by atoms with E-state index in [-0.39, 0.29) is 11.8 Å². The van der Waals surface area contributed by atoms with Crippen molar-refractivity contribution in [2.75, 3.05) is 7.11 Å². The van der Waals surface area contributed by atoms with Gasteiger partial charge in [0, 0.05) is 17.5 Å². The summed E-state index contributed by atoms with van der Waals surface area (Å²) < 4.78 is 5.28. The van der Waals surface area contributed by atoms with Crippen molar-refractivity contribution in [3.8, 4) is 21.6 Å². The molecule has 6 heteroatoms. The molecule has 0 saturated heterocycles. The van der Waals surface area contributed by atoms with Crippen molar-refractivity contribution >= 4 is 33.4 Å². The van der Waals surface area contributed by atoms with Gasteiger partial charge in [0.25, 0.3) is 0 Å². The van der Waals surface area contributed by atoms with Gasteiger partial charge in [-0.05, 0) is 28.5 Å². The lowest BCUT2D eigenvalue weighted by Crippen LogP contribution is -1.94. The molecule has 0 radical (unpaired) electrons. The number of fused-ring (bicyclic) bond motifs is 1. The summed E-state index contributed by atoms with van der Waals surface area (Å²) in [6.07, 6.45) is 1.75. The van der Waals surface area contributed by atoms with Gasteiger partial charge >= 0.3 is 0 Å². The SMILES string of the molecule is COc1ccc2cc(C(C)c3sc(-c4nccs4)nc3O)ccc2c1. The molecule has 4 aromatic rings. The van der Waals surface area contributed by atoms with Gasteiger partial charge in [0.05, 0.1) is 12.0 Å². The van der Waals surface area contributed by atoms with Crippen molar-refractivity contribution < 1.29 is 9.84 Å². The van der Waals surface area contributed by atoms with Crippen molar-refractivity contribution in [1.29, 1.82) is 0 Å². The third-order valence-electron chi connectivity index (χ3n) is 4.21. The Bertz CT molecular complexity index is 1030. The Morgan fingerprint density at radius 3 is 2.64 bits per heavy atom. The minimum atomic E-state index is 0.0534. The smallest absolute Gasteiger partial charge is 0.226 e. The van der Waals surface area contributed by atoms with E-state index in [0.29, 0.717) is 0 Å². The first-order valence-electron chi connectivity index (χ1n) is 7.83. The van der Waals surface area contributed by atoms with Gasteiger partial charge in [0.15, 0.2) is 10.0 Å². The van der Waals surface area contributed by atoms with Crippen molar-refractivity contribution in [2.24, 2.45) is 0 Å². The number of hydrogen-bond donors (Lipinski definition) is 1. The molecule has 0 spiro atoms. The van der Waals surface area contributed by atoms with E-state index >= 15 is 0 Å².